The third-order valence-corrected chi connectivity index (χ3v) is 5.61. The quantitative estimate of drug-likeness (QED) is 0.841. The molecule has 2 aliphatic carbocycles. The summed E-state index contributed by atoms with van der Waals surface area (Å²) in [6.07, 6.45) is 4.24. The van der Waals surface area contributed by atoms with Gasteiger partial charge in [-0.2, -0.15) is 0 Å². The molecule has 0 amide bonds. The van der Waals surface area contributed by atoms with Gasteiger partial charge in [0.05, 0.1) is 28.7 Å². The number of benzene rings is 1. The Bertz CT molecular complexity index is 588. The van der Waals surface area contributed by atoms with E-state index in [1.165, 1.54) is 0 Å². The summed E-state index contributed by atoms with van der Waals surface area (Å²) in [5.41, 5.74) is 2.28. The predicted octanol–water partition coefficient (Wildman–Crippen LogP) is 2.89. The Morgan fingerprint density at radius 2 is 1.95 bits per heavy atom. The predicted molar refractivity (Wildman–Crippen MR) is 80.5 cm³/mol. The van der Waals surface area contributed by atoms with Crippen LogP contribution in [0.2, 0.25) is 0 Å². The number of carbonyl (C=O) groups is 1. The van der Waals surface area contributed by atoms with Crippen LogP contribution in [-0.4, -0.2) is 34.8 Å². The summed E-state index contributed by atoms with van der Waals surface area (Å²) in [5.74, 6) is 0.256. The molecule has 2 saturated carbocycles. The van der Waals surface area contributed by atoms with Gasteiger partial charge in [-0.05, 0) is 54.7 Å². The van der Waals surface area contributed by atoms with Crippen molar-refractivity contribution in [1.82, 2.24) is 0 Å². The van der Waals surface area contributed by atoms with E-state index in [1.54, 1.807) is 13.2 Å². The average molecular weight is 308 g/mol. The largest absolute Gasteiger partial charge is 0.478 e. The maximum absolute atomic E-state index is 12.7. The first-order valence-corrected chi connectivity index (χ1v) is 8.72. The Balaban J connectivity index is 2.09. The molecular formula is C16H20O4S. The maximum Gasteiger partial charge on any atom is 0.336 e. The zero-order valence-electron chi connectivity index (χ0n) is 12.1. The Hall–Kier alpha value is -1.20. The van der Waals surface area contributed by atoms with Crippen LogP contribution in [0.5, 0.6) is 0 Å². The summed E-state index contributed by atoms with van der Waals surface area (Å²) in [6.45, 7) is 0.429. The van der Waals surface area contributed by atoms with E-state index in [2.05, 4.69) is 0 Å². The molecule has 0 aliphatic heterocycles. The first-order valence-electron chi connectivity index (χ1n) is 7.41. The van der Waals surface area contributed by atoms with Crippen LogP contribution in [0.15, 0.2) is 17.0 Å². The van der Waals surface area contributed by atoms with Crippen LogP contribution < -0.4 is 0 Å². The SMILES string of the molecule is COCC[S@](=O)c1c(C2CC2)ccc(C(=O)O)c1C1CC1. The molecule has 0 radical (unpaired) electrons. The lowest BCUT2D eigenvalue weighted by molar-refractivity contribution is 0.0695. The van der Waals surface area contributed by atoms with E-state index in [1.807, 2.05) is 6.07 Å². The summed E-state index contributed by atoms with van der Waals surface area (Å²) < 4.78 is 17.8. The molecule has 1 N–H and O–H groups in total. The van der Waals surface area contributed by atoms with E-state index in [0.717, 1.165) is 41.7 Å². The van der Waals surface area contributed by atoms with Gasteiger partial charge in [-0.15, -0.1) is 0 Å². The van der Waals surface area contributed by atoms with Gasteiger partial charge in [-0.1, -0.05) is 6.07 Å². The highest BCUT2D eigenvalue weighted by Crippen LogP contribution is 2.49. The Morgan fingerprint density at radius 3 is 2.48 bits per heavy atom. The topological polar surface area (TPSA) is 63.6 Å². The lowest BCUT2D eigenvalue weighted by atomic mass is 9.98. The third kappa shape index (κ3) is 3.04. The summed E-state index contributed by atoms with van der Waals surface area (Å²) >= 11 is 0. The molecule has 1 atom stereocenters. The fourth-order valence-electron chi connectivity index (χ4n) is 2.81. The second-order valence-corrected chi connectivity index (χ2v) is 7.35. The van der Waals surface area contributed by atoms with E-state index in [9.17, 15) is 14.1 Å². The molecule has 114 valence electrons. The van der Waals surface area contributed by atoms with Crippen molar-refractivity contribution in [3.63, 3.8) is 0 Å². The minimum atomic E-state index is -1.18. The molecule has 0 unspecified atom stereocenters. The molecule has 0 heterocycles. The number of ether oxygens (including phenoxy) is 1. The van der Waals surface area contributed by atoms with Crippen LogP contribution in [0.25, 0.3) is 0 Å². The van der Waals surface area contributed by atoms with Crippen LogP contribution in [0.3, 0.4) is 0 Å². The highest BCUT2D eigenvalue weighted by atomic mass is 32.2. The number of aromatic carboxylic acids is 1. The first kappa shape index (κ1) is 14.7. The van der Waals surface area contributed by atoms with Gasteiger partial charge < -0.3 is 9.84 Å². The van der Waals surface area contributed by atoms with Crippen molar-refractivity contribution < 1.29 is 18.8 Å². The van der Waals surface area contributed by atoms with Crippen molar-refractivity contribution in [3.05, 3.63) is 28.8 Å². The van der Waals surface area contributed by atoms with Crippen LogP contribution in [0.1, 0.15) is 59.0 Å². The van der Waals surface area contributed by atoms with Crippen molar-refractivity contribution in [2.24, 2.45) is 0 Å². The Morgan fingerprint density at radius 1 is 1.29 bits per heavy atom. The molecule has 2 aliphatic rings. The second kappa shape index (κ2) is 5.89. The van der Waals surface area contributed by atoms with Gasteiger partial charge in [0, 0.05) is 12.0 Å². The van der Waals surface area contributed by atoms with Crippen LogP contribution in [-0.2, 0) is 15.5 Å². The number of methoxy groups -OCH3 is 1. The van der Waals surface area contributed by atoms with Crippen molar-refractivity contribution in [3.8, 4) is 0 Å². The normalized spacial score (nSPS) is 19.5. The molecule has 2 fully saturated rings. The molecular weight excluding hydrogens is 288 g/mol. The fraction of sp³-hybridized carbons (Fsp3) is 0.562. The molecule has 1 aromatic carbocycles. The zero-order chi connectivity index (χ0) is 15.0. The molecule has 3 rings (SSSR count). The molecule has 5 heteroatoms. The highest BCUT2D eigenvalue weighted by Gasteiger charge is 2.36. The summed E-state index contributed by atoms with van der Waals surface area (Å²) in [6, 6.07) is 3.59. The fourth-order valence-corrected chi connectivity index (χ4v) is 4.35. The Kier molecular flexibility index (Phi) is 4.13. The van der Waals surface area contributed by atoms with Gasteiger partial charge in [0.1, 0.15) is 0 Å². The van der Waals surface area contributed by atoms with Gasteiger partial charge in [0.2, 0.25) is 0 Å². The number of rotatable bonds is 7. The molecule has 0 spiro atoms. The molecule has 21 heavy (non-hydrogen) atoms. The van der Waals surface area contributed by atoms with E-state index in [0.29, 0.717) is 23.8 Å². The maximum atomic E-state index is 12.7. The molecule has 4 nitrogen and oxygen atoms in total. The van der Waals surface area contributed by atoms with Crippen molar-refractivity contribution in [1.29, 1.82) is 0 Å². The summed E-state index contributed by atoms with van der Waals surface area (Å²) in [5, 5.41) is 9.45. The van der Waals surface area contributed by atoms with E-state index < -0.39 is 16.8 Å². The monoisotopic (exact) mass is 308 g/mol. The minimum Gasteiger partial charge on any atom is -0.478 e. The lowest BCUT2D eigenvalue weighted by Crippen LogP contribution is -2.13. The van der Waals surface area contributed by atoms with Gasteiger partial charge in [0.25, 0.3) is 0 Å². The third-order valence-electron chi connectivity index (χ3n) is 4.16. The number of hydrogen-bond acceptors (Lipinski definition) is 3. The van der Waals surface area contributed by atoms with Gasteiger partial charge in [-0.25, -0.2) is 4.79 Å². The molecule has 0 aromatic heterocycles. The number of hydrogen-bond donors (Lipinski definition) is 1. The highest BCUT2D eigenvalue weighted by molar-refractivity contribution is 7.85. The van der Waals surface area contributed by atoms with Crippen LogP contribution in [0, 0.1) is 0 Å². The van der Waals surface area contributed by atoms with Crippen molar-refractivity contribution >= 4 is 16.8 Å². The number of carboxylic acid groups (broad SMARTS) is 1. The van der Waals surface area contributed by atoms with E-state index in [4.69, 9.17) is 4.74 Å². The molecule has 0 bridgehead atoms. The van der Waals surface area contributed by atoms with Crippen LogP contribution in [0.4, 0.5) is 0 Å². The summed E-state index contributed by atoms with van der Waals surface area (Å²) in [7, 11) is 0.409. The van der Waals surface area contributed by atoms with Crippen molar-refractivity contribution in [2.45, 2.75) is 42.4 Å². The van der Waals surface area contributed by atoms with Gasteiger partial charge in [-0.3, -0.25) is 4.21 Å². The molecule has 1 aromatic rings. The molecule has 0 saturated heterocycles. The zero-order valence-corrected chi connectivity index (χ0v) is 12.9. The minimum absolute atomic E-state index is 0.274. The van der Waals surface area contributed by atoms with Crippen molar-refractivity contribution in [2.75, 3.05) is 19.5 Å². The average Bonchev–Trinajstić information content (AvgIpc) is 3.35. The first-order chi connectivity index (χ1) is 10.1. The number of carboxylic acids is 1. The standard InChI is InChI=1S/C16H20O4S/c1-20-8-9-21(19)15-12(10-2-3-10)6-7-13(16(17)18)14(15)11-4-5-11/h6-7,10-11H,2-5,8-9H2,1H3,(H,17,18)/t21-/m0/s1. The van der Waals surface area contributed by atoms with E-state index >= 15 is 0 Å². The van der Waals surface area contributed by atoms with Gasteiger partial charge >= 0.3 is 5.97 Å². The second-order valence-electron chi connectivity index (χ2n) is 5.84. The smallest absolute Gasteiger partial charge is 0.336 e. The lowest BCUT2D eigenvalue weighted by Gasteiger charge is -2.16. The summed E-state index contributed by atoms with van der Waals surface area (Å²) in [4.78, 5) is 12.3. The van der Waals surface area contributed by atoms with Gasteiger partial charge in [0.15, 0.2) is 0 Å². The van der Waals surface area contributed by atoms with Crippen LogP contribution >= 0.6 is 0 Å². The van der Waals surface area contributed by atoms with E-state index in [-0.39, 0.29) is 5.92 Å². The Labute approximate surface area is 127 Å².